The first-order valence-corrected chi connectivity index (χ1v) is 26.8. The number of quaternary nitrogens is 1. The van der Waals surface area contributed by atoms with Crippen LogP contribution in [0.1, 0.15) is 194 Å². The van der Waals surface area contributed by atoms with Gasteiger partial charge in [0, 0.05) is 12.8 Å². The first kappa shape index (κ1) is 61.2. The number of nitrogens with zero attached hydrogens (tertiary/aromatic N) is 1. The summed E-state index contributed by atoms with van der Waals surface area (Å²) in [4.78, 5) is 35.3. The molecule has 0 aromatic rings. The van der Waals surface area contributed by atoms with Gasteiger partial charge in [0.2, 0.25) is 0 Å². The normalized spacial score (nSPS) is 14.2. The predicted molar refractivity (Wildman–Crippen MR) is 270 cm³/mol. The van der Waals surface area contributed by atoms with Crippen molar-refractivity contribution in [2.24, 2.45) is 0 Å². The zero-order chi connectivity index (χ0) is 47.1. The summed E-state index contributed by atoms with van der Waals surface area (Å²) in [6, 6.07) is 0. The zero-order valence-corrected chi connectivity index (χ0v) is 42.4. The van der Waals surface area contributed by atoms with Crippen LogP contribution in [0.5, 0.6) is 0 Å². The quantitative estimate of drug-likeness (QED) is 0.0212. The maximum absolute atomic E-state index is 12.7. The largest absolute Gasteiger partial charge is 0.472 e. The number of allylic oxidation sites excluding steroid dienone is 14. The molecule has 0 radical (unpaired) electrons. The van der Waals surface area contributed by atoms with E-state index in [4.69, 9.17) is 18.5 Å². The standard InChI is InChI=1S/C54H94NO8P/c1-6-8-10-12-14-15-16-17-18-19-20-21-22-23-24-25-26-27-28-29-30-31-32-33-34-35-36-37-38-39-41-43-45-47-54(57)63-52(51-62-64(58,59)61-49-48-55(3,4)5)50-60-53(56)46-44-42-40-13-11-9-7-2/h8,10,14-15,17-18,20-21,23-24,26-27,29-30,52H,6-7,9,11-13,16,19,22,25,28,31-51H2,1-5H3/p+1/b10-8-,15-14-,18-17-,21-20-,24-23-,27-26-,30-29-. The SMILES string of the molecule is CC/C=C\C/C=C\C/C=C\C/C=C\C/C=C\C/C=C\C/C=C\CCCCCCCCCCCCCC(=O)OC(COC(=O)CCCCCCCCC)COP(=O)(O)OCC[N+](C)(C)C. The molecule has 0 aliphatic rings. The average Bonchev–Trinajstić information content (AvgIpc) is 3.25. The molecule has 0 aliphatic heterocycles. The third-order valence-corrected chi connectivity index (χ3v) is 11.4. The molecule has 0 aliphatic carbocycles. The maximum atomic E-state index is 12.7. The van der Waals surface area contributed by atoms with Crippen molar-refractivity contribution in [2.45, 2.75) is 200 Å². The first-order valence-electron chi connectivity index (χ1n) is 25.3. The van der Waals surface area contributed by atoms with Crippen molar-refractivity contribution in [1.29, 1.82) is 0 Å². The highest BCUT2D eigenvalue weighted by molar-refractivity contribution is 7.47. The second kappa shape index (κ2) is 45.4. The van der Waals surface area contributed by atoms with Crippen LogP contribution in [0.25, 0.3) is 0 Å². The van der Waals surface area contributed by atoms with Gasteiger partial charge in [0.25, 0.3) is 0 Å². The Morgan fingerprint density at radius 2 is 0.891 bits per heavy atom. The number of carbonyl (C=O) groups is 2. The summed E-state index contributed by atoms with van der Waals surface area (Å²) in [5.41, 5.74) is 0. The lowest BCUT2D eigenvalue weighted by atomic mass is 10.0. The molecule has 0 heterocycles. The van der Waals surface area contributed by atoms with Crippen molar-refractivity contribution in [2.75, 3.05) is 47.5 Å². The van der Waals surface area contributed by atoms with Gasteiger partial charge in [-0.05, 0) is 70.6 Å². The molecular formula is C54H95NO8P+. The molecule has 64 heavy (non-hydrogen) atoms. The fraction of sp³-hybridized carbons (Fsp3) is 0.704. The summed E-state index contributed by atoms with van der Waals surface area (Å²) in [5, 5.41) is 0. The Morgan fingerprint density at radius 3 is 1.33 bits per heavy atom. The summed E-state index contributed by atoms with van der Waals surface area (Å²) in [6.07, 6.45) is 59.6. The van der Waals surface area contributed by atoms with Crippen LogP contribution >= 0.6 is 7.82 Å². The molecule has 2 atom stereocenters. The topological polar surface area (TPSA) is 108 Å². The third kappa shape index (κ3) is 48.6. The van der Waals surface area contributed by atoms with E-state index in [1.165, 1.54) is 70.6 Å². The molecule has 10 heteroatoms. The van der Waals surface area contributed by atoms with Crippen LogP contribution in [-0.4, -0.2) is 74.9 Å². The van der Waals surface area contributed by atoms with E-state index in [1.807, 2.05) is 21.1 Å². The van der Waals surface area contributed by atoms with E-state index < -0.39 is 26.5 Å². The van der Waals surface area contributed by atoms with Crippen LogP contribution in [0.15, 0.2) is 85.1 Å². The van der Waals surface area contributed by atoms with Crippen LogP contribution in [-0.2, 0) is 32.7 Å². The van der Waals surface area contributed by atoms with Crippen LogP contribution in [0.4, 0.5) is 0 Å². The average molecular weight is 917 g/mol. The Kier molecular flexibility index (Phi) is 43.4. The van der Waals surface area contributed by atoms with E-state index in [-0.39, 0.29) is 32.0 Å². The summed E-state index contributed by atoms with van der Waals surface area (Å²) >= 11 is 0. The Hall–Kier alpha value is -2.81. The number of hydrogen-bond donors (Lipinski definition) is 1. The van der Waals surface area contributed by atoms with Gasteiger partial charge in [0.05, 0.1) is 27.7 Å². The predicted octanol–water partition coefficient (Wildman–Crippen LogP) is 15.1. The van der Waals surface area contributed by atoms with Crippen molar-refractivity contribution >= 4 is 19.8 Å². The van der Waals surface area contributed by atoms with Gasteiger partial charge in [-0.2, -0.15) is 0 Å². The smallest absolute Gasteiger partial charge is 0.462 e. The van der Waals surface area contributed by atoms with E-state index >= 15 is 0 Å². The zero-order valence-electron chi connectivity index (χ0n) is 41.5. The number of hydrogen-bond acceptors (Lipinski definition) is 7. The Labute approximate surface area is 392 Å². The monoisotopic (exact) mass is 917 g/mol. The number of phosphoric ester groups is 1. The molecule has 0 saturated carbocycles. The van der Waals surface area contributed by atoms with Crippen molar-refractivity contribution < 1.29 is 42.1 Å². The molecule has 0 spiro atoms. The fourth-order valence-electron chi connectivity index (χ4n) is 6.52. The number of rotatable bonds is 45. The Morgan fingerprint density at radius 1 is 0.500 bits per heavy atom. The number of unbranched alkanes of at least 4 members (excludes halogenated alkanes) is 17. The van der Waals surface area contributed by atoms with Gasteiger partial charge in [-0.15, -0.1) is 0 Å². The molecule has 0 fully saturated rings. The van der Waals surface area contributed by atoms with Crippen LogP contribution in [0.3, 0.4) is 0 Å². The summed E-state index contributed by atoms with van der Waals surface area (Å²) in [5.74, 6) is -0.812. The highest BCUT2D eigenvalue weighted by Crippen LogP contribution is 2.43. The van der Waals surface area contributed by atoms with Crippen molar-refractivity contribution in [3.8, 4) is 0 Å². The fourth-order valence-corrected chi connectivity index (χ4v) is 7.26. The highest BCUT2D eigenvalue weighted by Gasteiger charge is 2.27. The Balaban J connectivity index is 4.04. The lowest BCUT2D eigenvalue weighted by molar-refractivity contribution is -0.870. The van der Waals surface area contributed by atoms with Gasteiger partial charge in [-0.25, -0.2) is 4.57 Å². The number of esters is 2. The van der Waals surface area contributed by atoms with E-state index in [0.717, 1.165) is 89.9 Å². The van der Waals surface area contributed by atoms with Gasteiger partial charge in [-0.3, -0.25) is 18.6 Å². The number of carbonyl (C=O) groups excluding carboxylic acids is 2. The number of ether oxygens (including phenoxy) is 2. The molecule has 368 valence electrons. The molecule has 0 rings (SSSR count). The highest BCUT2D eigenvalue weighted by atomic mass is 31.2. The van der Waals surface area contributed by atoms with Gasteiger partial charge < -0.3 is 18.9 Å². The molecule has 0 aromatic heterocycles. The van der Waals surface area contributed by atoms with Crippen LogP contribution in [0.2, 0.25) is 0 Å². The molecule has 9 nitrogen and oxygen atoms in total. The third-order valence-electron chi connectivity index (χ3n) is 10.4. The summed E-state index contributed by atoms with van der Waals surface area (Å²) in [7, 11) is 1.47. The van der Waals surface area contributed by atoms with E-state index in [0.29, 0.717) is 17.4 Å². The van der Waals surface area contributed by atoms with Crippen molar-refractivity contribution in [3.63, 3.8) is 0 Å². The molecule has 0 bridgehead atoms. The summed E-state index contributed by atoms with van der Waals surface area (Å²) < 4.78 is 34.2. The lowest BCUT2D eigenvalue weighted by Crippen LogP contribution is -2.37. The van der Waals surface area contributed by atoms with Crippen molar-refractivity contribution in [3.05, 3.63) is 85.1 Å². The van der Waals surface area contributed by atoms with E-state index in [2.05, 4.69) is 98.9 Å². The molecule has 1 N–H and O–H groups in total. The van der Waals surface area contributed by atoms with E-state index in [9.17, 15) is 19.0 Å². The second-order valence-electron chi connectivity index (χ2n) is 17.8. The number of likely N-dealkylation sites (N-methyl/N-ethyl adjacent to an activating group) is 1. The van der Waals surface area contributed by atoms with Gasteiger partial charge in [-0.1, -0.05) is 195 Å². The van der Waals surface area contributed by atoms with Crippen LogP contribution < -0.4 is 0 Å². The van der Waals surface area contributed by atoms with Gasteiger partial charge in [0.15, 0.2) is 6.10 Å². The minimum atomic E-state index is -4.37. The van der Waals surface area contributed by atoms with Gasteiger partial charge in [0.1, 0.15) is 19.8 Å². The number of phosphoric acid groups is 1. The maximum Gasteiger partial charge on any atom is 0.472 e. The molecule has 2 unspecified atom stereocenters. The van der Waals surface area contributed by atoms with E-state index in [1.54, 1.807) is 0 Å². The second-order valence-corrected chi connectivity index (χ2v) is 19.3. The molecule has 0 saturated heterocycles. The van der Waals surface area contributed by atoms with Crippen LogP contribution in [0, 0.1) is 0 Å². The lowest BCUT2D eigenvalue weighted by Gasteiger charge is -2.24. The molecular weight excluding hydrogens is 822 g/mol. The molecule has 0 aromatic carbocycles. The van der Waals surface area contributed by atoms with Gasteiger partial charge >= 0.3 is 19.8 Å². The first-order chi connectivity index (χ1) is 31.0. The minimum Gasteiger partial charge on any atom is -0.462 e. The minimum absolute atomic E-state index is 0.0287. The summed E-state index contributed by atoms with van der Waals surface area (Å²) in [6.45, 7) is 4.25. The van der Waals surface area contributed by atoms with Crippen molar-refractivity contribution in [1.82, 2.24) is 0 Å². The Bertz CT molecular complexity index is 1360. The molecule has 0 amide bonds.